The lowest BCUT2D eigenvalue weighted by atomic mass is 9.83. The van der Waals surface area contributed by atoms with Crippen LogP contribution < -0.4 is 21.3 Å². The Morgan fingerprint density at radius 2 is 1.64 bits per heavy atom. The summed E-state index contributed by atoms with van der Waals surface area (Å²) >= 11 is 0. The molecule has 2 saturated heterocycles. The second-order valence-corrected chi connectivity index (χ2v) is 16.9. The molecule has 5 amide bonds. The first-order valence-electron chi connectivity index (χ1n) is 17.2. The van der Waals surface area contributed by atoms with Gasteiger partial charge in [0.25, 0.3) is 5.91 Å². The fourth-order valence-electron chi connectivity index (χ4n) is 7.69. The van der Waals surface area contributed by atoms with Gasteiger partial charge >= 0.3 is 6.03 Å². The Labute approximate surface area is 279 Å². The highest BCUT2D eigenvalue weighted by atomic mass is 32.2. The van der Waals surface area contributed by atoms with Crippen LogP contribution in [0.1, 0.15) is 85.5 Å². The molecule has 14 heteroatoms. The van der Waals surface area contributed by atoms with Gasteiger partial charge in [-0.25, -0.2) is 13.2 Å². The van der Waals surface area contributed by atoms with Crippen molar-refractivity contribution in [3.05, 3.63) is 12.7 Å². The summed E-state index contributed by atoms with van der Waals surface area (Å²) in [5.74, 6) is -2.38. The van der Waals surface area contributed by atoms with Crippen LogP contribution in [-0.4, -0.2) is 103 Å². The molecule has 0 aromatic rings. The average Bonchev–Trinajstić information content (AvgIpc) is 3.71. The Balaban J connectivity index is 1.52. The number of hydrogen-bond acceptors (Lipinski definition) is 7. The third-order valence-corrected chi connectivity index (χ3v) is 12.4. The van der Waals surface area contributed by atoms with E-state index in [0.29, 0.717) is 19.5 Å². The number of ketones is 1. The zero-order chi connectivity index (χ0) is 34.5. The van der Waals surface area contributed by atoms with E-state index in [-0.39, 0.29) is 42.5 Å². The standard InChI is InChI=1S/C33H54N6O7S/c1-6-16-34-30(42)28(40)21(2)35-29(41)27-24-15-10-14-23(24)19-39(27)31(43)26(22-12-8-7-9-13-22)37-32(44)36-25(33(3,4)5)20-38-17-11-18-47(38,45)46/h6,21-27H,1,7-20H2,2-5H3,(H,34,42)(H,35,41)(H2,36,37,44)/t21?,23-,24-,25+,26-,27-/m0/s1. The molecular weight excluding hydrogens is 624 g/mol. The summed E-state index contributed by atoms with van der Waals surface area (Å²) in [7, 11) is -3.37. The molecule has 4 fully saturated rings. The highest BCUT2D eigenvalue weighted by Crippen LogP contribution is 2.43. The van der Waals surface area contributed by atoms with Crippen molar-refractivity contribution < 1.29 is 32.4 Å². The van der Waals surface area contributed by atoms with E-state index in [1.54, 1.807) is 4.90 Å². The second kappa shape index (κ2) is 15.5. The molecule has 264 valence electrons. The van der Waals surface area contributed by atoms with Crippen molar-refractivity contribution in [2.45, 2.75) is 110 Å². The van der Waals surface area contributed by atoms with E-state index in [9.17, 15) is 32.4 Å². The molecule has 47 heavy (non-hydrogen) atoms. The maximum Gasteiger partial charge on any atom is 0.315 e. The molecule has 2 aliphatic heterocycles. The molecule has 4 N–H and O–H groups in total. The third-order valence-electron chi connectivity index (χ3n) is 10.4. The topological polar surface area (TPSA) is 174 Å². The number of nitrogens with zero attached hydrogens (tertiary/aromatic N) is 2. The first kappa shape index (κ1) is 36.8. The Bertz CT molecular complexity index is 1310. The maximum absolute atomic E-state index is 14.5. The van der Waals surface area contributed by atoms with E-state index in [2.05, 4.69) is 27.8 Å². The molecule has 1 unspecified atom stereocenters. The minimum Gasteiger partial charge on any atom is -0.346 e. The maximum atomic E-state index is 14.5. The van der Waals surface area contributed by atoms with E-state index in [1.165, 1.54) is 17.3 Å². The van der Waals surface area contributed by atoms with Gasteiger partial charge in [-0.2, -0.15) is 4.31 Å². The summed E-state index contributed by atoms with van der Waals surface area (Å²) in [5, 5.41) is 11.1. The van der Waals surface area contributed by atoms with Crippen LogP contribution in [0.25, 0.3) is 0 Å². The van der Waals surface area contributed by atoms with E-state index in [1.807, 2.05) is 20.8 Å². The predicted octanol–water partition coefficient (Wildman–Crippen LogP) is 1.69. The fourth-order valence-corrected chi connectivity index (χ4v) is 9.22. The molecule has 0 aromatic carbocycles. The highest BCUT2D eigenvalue weighted by Gasteiger charge is 2.51. The van der Waals surface area contributed by atoms with Crippen molar-refractivity contribution in [1.82, 2.24) is 30.5 Å². The van der Waals surface area contributed by atoms with Crippen molar-refractivity contribution in [3.8, 4) is 0 Å². The molecule has 2 saturated carbocycles. The van der Waals surface area contributed by atoms with Crippen molar-refractivity contribution in [3.63, 3.8) is 0 Å². The Hall–Kier alpha value is -3.00. The Morgan fingerprint density at radius 3 is 2.26 bits per heavy atom. The number of carbonyl (C=O) groups excluding carboxylic acids is 5. The second-order valence-electron chi connectivity index (χ2n) is 14.8. The Kier molecular flexibility index (Phi) is 12.1. The number of hydrogen-bond donors (Lipinski definition) is 4. The largest absolute Gasteiger partial charge is 0.346 e. The molecule has 2 heterocycles. The lowest BCUT2D eigenvalue weighted by molar-refractivity contribution is -0.144. The fraction of sp³-hybridized carbons (Fsp3) is 0.788. The molecule has 0 aromatic heterocycles. The minimum absolute atomic E-state index is 0.0793. The molecule has 4 aliphatic rings. The molecule has 13 nitrogen and oxygen atoms in total. The lowest BCUT2D eigenvalue weighted by Crippen LogP contribution is -2.61. The molecule has 4 rings (SSSR count). The number of urea groups is 1. The Morgan fingerprint density at radius 1 is 0.936 bits per heavy atom. The van der Waals surface area contributed by atoms with E-state index >= 15 is 0 Å². The van der Waals surface area contributed by atoms with Gasteiger partial charge in [-0.15, -0.1) is 6.58 Å². The number of sulfonamides is 1. The quantitative estimate of drug-likeness (QED) is 0.180. The van der Waals surface area contributed by atoms with Gasteiger partial charge in [0.05, 0.1) is 11.8 Å². The SMILES string of the molecule is C=CCNC(=O)C(=O)C(C)NC(=O)[C@@H]1[C@H]2CCC[C@H]2CN1C(=O)[C@@H](NC(=O)N[C@H](CN1CCCS1(=O)=O)C(C)(C)C)C1CCCCC1. The van der Waals surface area contributed by atoms with Crippen molar-refractivity contribution in [2.75, 3.05) is 31.9 Å². The molecular formula is C33H54N6O7S. The summed E-state index contributed by atoms with van der Waals surface area (Å²) in [4.78, 5) is 68.4. The zero-order valence-corrected chi connectivity index (χ0v) is 29.2. The molecule has 0 radical (unpaired) electrons. The van der Waals surface area contributed by atoms with Crippen LogP contribution in [0.15, 0.2) is 12.7 Å². The summed E-state index contributed by atoms with van der Waals surface area (Å²) in [6.45, 7) is 11.8. The van der Waals surface area contributed by atoms with Crippen LogP contribution in [-0.2, 0) is 29.2 Å². The number of amides is 5. The van der Waals surface area contributed by atoms with Gasteiger partial charge in [0.15, 0.2) is 0 Å². The molecule has 2 aliphatic carbocycles. The molecule has 0 spiro atoms. The van der Waals surface area contributed by atoms with Crippen LogP contribution >= 0.6 is 0 Å². The monoisotopic (exact) mass is 678 g/mol. The zero-order valence-electron chi connectivity index (χ0n) is 28.4. The first-order valence-corrected chi connectivity index (χ1v) is 18.8. The van der Waals surface area contributed by atoms with Crippen LogP contribution in [0.2, 0.25) is 0 Å². The summed E-state index contributed by atoms with van der Waals surface area (Å²) in [6.07, 6.45) is 9.01. The van der Waals surface area contributed by atoms with Crippen molar-refractivity contribution in [1.29, 1.82) is 0 Å². The first-order chi connectivity index (χ1) is 22.1. The van der Waals surface area contributed by atoms with Gasteiger partial charge in [-0.05, 0) is 62.2 Å². The van der Waals surface area contributed by atoms with Crippen molar-refractivity contribution >= 4 is 39.6 Å². The number of nitrogens with one attached hydrogen (secondary N) is 4. The average molecular weight is 679 g/mol. The van der Waals surface area contributed by atoms with E-state index < -0.39 is 63.2 Å². The number of carbonyl (C=O) groups is 5. The van der Waals surface area contributed by atoms with Gasteiger partial charge in [0.1, 0.15) is 12.1 Å². The number of Topliss-reactive ketones (excluding diaryl/α,β-unsaturated/α-hetero) is 1. The summed E-state index contributed by atoms with van der Waals surface area (Å²) in [5.41, 5.74) is -0.466. The normalized spacial score (nSPS) is 26.5. The van der Waals surface area contributed by atoms with Crippen LogP contribution in [0, 0.1) is 23.2 Å². The van der Waals surface area contributed by atoms with E-state index in [4.69, 9.17) is 0 Å². The number of likely N-dealkylation sites (tertiary alicyclic amines) is 1. The highest BCUT2D eigenvalue weighted by molar-refractivity contribution is 7.89. The number of fused-ring (bicyclic) bond motifs is 1. The minimum atomic E-state index is -3.37. The van der Waals surface area contributed by atoms with Crippen LogP contribution in [0.4, 0.5) is 4.79 Å². The lowest BCUT2D eigenvalue weighted by Gasteiger charge is -2.37. The molecule has 0 bridgehead atoms. The van der Waals surface area contributed by atoms with Gasteiger partial charge in [-0.1, -0.05) is 52.5 Å². The molecule has 6 atom stereocenters. The predicted molar refractivity (Wildman–Crippen MR) is 177 cm³/mol. The number of rotatable bonds is 12. The van der Waals surface area contributed by atoms with Crippen molar-refractivity contribution in [2.24, 2.45) is 23.2 Å². The van der Waals surface area contributed by atoms with Gasteiger partial charge in [0, 0.05) is 32.2 Å². The van der Waals surface area contributed by atoms with Crippen LogP contribution in [0.5, 0.6) is 0 Å². The van der Waals surface area contributed by atoms with Gasteiger partial charge in [0.2, 0.25) is 27.6 Å². The van der Waals surface area contributed by atoms with Gasteiger partial charge in [-0.3, -0.25) is 19.2 Å². The van der Waals surface area contributed by atoms with E-state index in [0.717, 1.165) is 51.4 Å². The van der Waals surface area contributed by atoms with Gasteiger partial charge < -0.3 is 26.2 Å². The smallest absolute Gasteiger partial charge is 0.315 e. The summed E-state index contributed by atoms with van der Waals surface area (Å²) < 4.78 is 26.5. The summed E-state index contributed by atoms with van der Waals surface area (Å²) in [6, 6.07) is -3.83. The third kappa shape index (κ3) is 8.92. The van der Waals surface area contributed by atoms with Crippen LogP contribution in [0.3, 0.4) is 0 Å².